The predicted molar refractivity (Wildman–Crippen MR) is 62.0 cm³/mol. The van der Waals surface area contributed by atoms with Crippen LogP contribution < -0.4 is 10.1 Å². The molecule has 1 N–H and O–H groups in total. The molecule has 0 spiro atoms. The Bertz CT molecular complexity index is 344. The van der Waals surface area contributed by atoms with Crippen LogP contribution in [-0.4, -0.2) is 28.5 Å². The molecule has 6 heteroatoms. The zero-order valence-corrected chi connectivity index (χ0v) is 10.4. The van der Waals surface area contributed by atoms with E-state index in [-0.39, 0.29) is 11.5 Å². The third kappa shape index (κ3) is 3.39. The summed E-state index contributed by atoms with van der Waals surface area (Å²) in [5.74, 6) is 0.963. The molecule has 0 radical (unpaired) electrons. The standard InChI is InChI=1S/C9H13Cl2N3O/c1-9(2,5-10)14-7-6(11)4-12-8(13-7)15-3/h4H,5H2,1-3H3,(H,12,13,14). The maximum Gasteiger partial charge on any atom is 0.318 e. The lowest BCUT2D eigenvalue weighted by atomic mass is 10.1. The predicted octanol–water partition coefficient (Wildman–Crippen LogP) is 2.57. The summed E-state index contributed by atoms with van der Waals surface area (Å²) in [4.78, 5) is 7.96. The molecule has 1 aromatic rings. The number of halogens is 2. The van der Waals surface area contributed by atoms with Gasteiger partial charge in [0.1, 0.15) is 5.02 Å². The number of hydrogen-bond donors (Lipinski definition) is 1. The van der Waals surface area contributed by atoms with Crippen molar-refractivity contribution in [3.63, 3.8) is 0 Å². The van der Waals surface area contributed by atoms with Crippen LogP contribution in [0.1, 0.15) is 13.8 Å². The molecule has 0 atom stereocenters. The van der Waals surface area contributed by atoms with Crippen LogP contribution in [0.15, 0.2) is 6.20 Å². The van der Waals surface area contributed by atoms with E-state index in [1.165, 1.54) is 13.3 Å². The number of nitrogens with one attached hydrogen (secondary N) is 1. The number of anilines is 1. The van der Waals surface area contributed by atoms with Crippen LogP contribution in [0.2, 0.25) is 5.02 Å². The molecule has 84 valence electrons. The number of methoxy groups -OCH3 is 1. The van der Waals surface area contributed by atoms with Crippen LogP contribution in [0.25, 0.3) is 0 Å². The van der Waals surface area contributed by atoms with Crippen LogP contribution in [-0.2, 0) is 0 Å². The first kappa shape index (κ1) is 12.3. The highest BCUT2D eigenvalue weighted by molar-refractivity contribution is 6.32. The lowest BCUT2D eigenvalue weighted by Gasteiger charge is -2.24. The molecule has 0 saturated heterocycles. The van der Waals surface area contributed by atoms with Gasteiger partial charge in [0.15, 0.2) is 5.82 Å². The van der Waals surface area contributed by atoms with Gasteiger partial charge in [-0.3, -0.25) is 0 Å². The van der Waals surface area contributed by atoms with E-state index >= 15 is 0 Å². The second-order valence-electron chi connectivity index (χ2n) is 3.70. The van der Waals surface area contributed by atoms with Crippen molar-refractivity contribution < 1.29 is 4.74 Å². The number of hydrogen-bond acceptors (Lipinski definition) is 4. The summed E-state index contributed by atoms with van der Waals surface area (Å²) in [6.07, 6.45) is 1.49. The minimum Gasteiger partial charge on any atom is -0.467 e. The summed E-state index contributed by atoms with van der Waals surface area (Å²) >= 11 is 11.7. The number of ether oxygens (including phenoxy) is 1. The van der Waals surface area contributed by atoms with Gasteiger partial charge in [0.2, 0.25) is 0 Å². The Morgan fingerprint density at radius 3 is 2.73 bits per heavy atom. The minimum absolute atomic E-state index is 0.271. The molecule has 0 aliphatic rings. The average Bonchev–Trinajstić information content (AvgIpc) is 2.21. The number of nitrogens with zero attached hydrogens (tertiary/aromatic N) is 2. The zero-order chi connectivity index (χ0) is 11.5. The first-order valence-electron chi connectivity index (χ1n) is 4.39. The van der Waals surface area contributed by atoms with E-state index in [1.54, 1.807) is 0 Å². The van der Waals surface area contributed by atoms with Crippen LogP contribution in [0.5, 0.6) is 6.01 Å². The fourth-order valence-corrected chi connectivity index (χ4v) is 1.10. The van der Waals surface area contributed by atoms with E-state index in [0.717, 1.165) is 0 Å². The molecule has 0 aromatic carbocycles. The van der Waals surface area contributed by atoms with Gasteiger partial charge in [-0.15, -0.1) is 11.6 Å². The van der Waals surface area contributed by atoms with Gasteiger partial charge in [0.05, 0.1) is 13.3 Å². The molecule has 15 heavy (non-hydrogen) atoms. The van der Waals surface area contributed by atoms with E-state index in [0.29, 0.717) is 16.7 Å². The smallest absolute Gasteiger partial charge is 0.318 e. The van der Waals surface area contributed by atoms with Crippen LogP contribution >= 0.6 is 23.2 Å². The highest BCUT2D eigenvalue weighted by atomic mass is 35.5. The van der Waals surface area contributed by atoms with Crippen molar-refractivity contribution >= 4 is 29.0 Å². The lowest BCUT2D eigenvalue weighted by Crippen LogP contribution is -2.33. The van der Waals surface area contributed by atoms with Crippen molar-refractivity contribution in [3.8, 4) is 6.01 Å². The second kappa shape index (κ2) is 4.86. The molecular formula is C9H13Cl2N3O. The Hall–Kier alpha value is -0.740. The van der Waals surface area contributed by atoms with Gasteiger partial charge in [0, 0.05) is 11.4 Å². The van der Waals surface area contributed by atoms with Gasteiger partial charge in [0.25, 0.3) is 0 Å². The molecule has 0 fully saturated rings. The monoisotopic (exact) mass is 249 g/mol. The summed E-state index contributed by atoms with van der Waals surface area (Å²) in [7, 11) is 1.50. The molecule has 0 bridgehead atoms. The van der Waals surface area contributed by atoms with Crippen LogP contribution in [0.3, 0.4) is 0 Å². The molecule has 0 amide bonds. The molecule has 0 saturated carbocycles. The van der Waals surface area contributed by atoms with E-state index in [9.17, 15) is 0 Å². The van der Waals surface area contributed by atoms with E-state index < -0.39 is 0 Å². The van der Waals surface area contributed by atoms with Gasteiger partial charge in [-0.05, 0) is 13.8 Å². The molecule has 0 unspecified atom stereocenters. The first-order valence-corrected chi connectivity index (χ1v) is 5.30. The topological polar surface area (TPSA) is 47.0 Å². The highest BCUT2D eigenvalue weighted by Gasteiger charge is 2.18. The summed E-state index contributed by atoms with van der Waals surface area (Å²) in [5, 5.41) is 3.55. The summed E-state index contributed by atoms with van der Waals surface area (Å²) in [5.41, 5.74) is -0.287. The third-order valence-electron chi connectivity index (χ3n) is 1.70. The molecule has 1 heterocycles. The number of alkyl halides is 1. The minimum atomic E-state index is -0.287. The van der Waals surface area contributed by atoms with Gasteiger partial charge >= 0.3 is 6.01 Å². The number of rotatable bonds is 4. The van der Waals surface area contributed by atoms with Crippen molar-refractivity contribution in [3.05, 3.63) is 11.2 Å². The molecule has 4 nitrogen and oxygen atoms in total. The third-order valence-corrected chi connectivity index (χ3v) is 2.64. The maximum atomic E-state index is 5.93. The largest absolute Gasteiger partial charge is 0.467 e. The van der Waals surface area contributed by atoms with Gasteiger partial charge in [-0.2, -0.15) is 4.98 Å². The van der Waals surface area contributed by atoms with E-state index in [2.05, 4.69) is 15.3 Å². The van der Waals surface area contributed by atoms with Gasteiger partial charge in [-0.25, -0.2) is 4.98 Å². The molecule has 0 aliphatic carbocycles. The summed E-state index contributed by atoms with van der Waals surface area (Å²) in [6, 6.07) is 0.271. The molecule has 1 aromatic heterocycles. The second-order valence-corrected chi connectivity index (χ2v) is 4.37. The SMILES string of the molecule is COc1ncc(Cl)c(NC(C)(C)CCl)n1. The van der Waals surface area contributed by atoms with Crippen molar-refractivity contribution in [2.75, 3.05) is 18.3 Å². The van der Waals surface area contributed by atoms with Crippen molar-refractivity contribution in [1.29, 1.82) is 0 Å². The first-order chi connectivity index (χ1) is 6.98. The van der Waals surface area contributed by atoms with Gasteiger partial charge in [-0.1, -0.05) is 11.6 Å². The van der Waals surface area contributed by atoms with E-state index in [1.807, 2.05) is 13.8 Å². The fraction of sp³-hybridized carbons (Fsp3) is 0.556. The quantitative estimate of drug-likeness (QED) is 0.834. The lowest BCUT2D eigenvalue weighted by molar-refractivity contribution is 0.380. The van der Waals surface area contributed by atoms with Crippen molar-refractivity contribution in [2.45, 2.75) is 19.4 Å². The molecule has 0 aliphatic heterocycles. The Balaban J connectivity index is 2.93. The fourth-order valence-electron chi connectivity index (χ4n) is 0.891. The molecular weight excluding hydrogens is 237 g/mol. The normalized spacial score (nSPS) is 11.3. The Morgan fingerprint density at radius 1 is 1.53 bits per heavy atom. The van der Waals surface area contributed by atoms with E-state index in [4.69, 9.17) is 27.9 Å². The summed E-state index contributed by atoms with van der Waals surface area (Å²) in [6.45, 7) is 3.90. The van der Waals surface area contributed by atoms with Crippen molar-refractivity contribution in [2.24, 2.45) is 0 Å². The van der Waals surface area contributed by atoms with Gasteiger partial charge < -0.3 is 10.1 Å². The maximum absolute atomic E-state index is 5.93. The Labute approximate surface area is 99.0 Å². The highest BCUT2D eigenvalue weighted by Crippen LogP contribution is 2.23. The van der Waals surface area contributed by atoms with Crippen LogP contribution in [0, 0.1) is 0 Å². The molecule has 1 rings (SSSR count). The zero-order valence-electron chi connectivity index (χ0n) is 8.84. The Morgan fingerprint density at radius 2 is 2.20 bits per heavy atom. The summed E-state index contributed by atoms with van der Waals surface area (Å²) < 4.78 is 4.90. The van der Waals surface area contributed by atoms with Crippen molar-refractivity contribution in [1.82, 2.24) is 9.97 Å². The number of aromatic nitrogens is 2. The Kier molecular flexibility index (Phi) is 3.99. The average molecular weight is 250 g/mol. The van der Waals surface area contributed by atoms with Crippen LogP contribution in [0.4, 0.5) is 5.82 Å².